The third-order valence-electron chi connectivity index (χ3n) is 12.3. The summed E-state index contributed by atoms with van der Waals surface area (Å²) in [5.41, 5.74) is 7.51. The summed E-state index contributed by atoms with van der Waals surface area (Å²) in [6, 6.07) is 74.3. The van der Waals surface area contributed by atoms with Crippen molar-refractivity contribution in [1.82, 2.24) is 0 Å². The van der Waals surface area contributed by atoms with E-state index in [1.54, 1.807) is 12.1 Å². The van der Waals surface area contributed by atoms with Crippen molar-refractivity contribution < 1.29 is 42.7 Å². The molecular weight excluding hydrogens is 913 g/mol. The lowest BCUT2D eigenvalue weighted by Gasteiger charge is -2.34. The maximum Gasteiger partial charge on any atom is 0.338 e. The molecule has 0 N–H and O–H groups in total. The van der Waals surface area contributed by atoms with E-state index in [1.807, 2.05) is 218 Å². The molecule has 0 unspecified atom stereocenters. The molecule has 0 saturated heterocycles. The van der Waals surface area contributed by atoms with Crippen LogP contribution in [0.5, 0.6) is 40.2 Å². The SMILES string of the molecule is O=C(O[C@@H]1Cc2ccccc2O[C@@H]1c1cc(OCc2ccccc2)c(OCc2ccccc2)c(OCc2ccccc2)c1)c1cc(OCc2ccccc2)c(OCc2ccccc2)c(OCc2ccccc2)c1. The van der Waals surface area contributed by atoms with Crippen LogP contribution < -0.4 is 33.2 Å². The number of ether oxygens (including phenoxy) is 8. The third-order valence-corrected chi connectivity index (χ3v) is 12.3. The number of rotatable bonds is 21. The van der Waals surface area contributed by atoms with Gasteiger partial charge in [0, 0.05) is 12.0 Å². The Morgan fingerprint density at radius 1 is 0.384 bits per heavy atom. The fraction of sp³-hybridized carbons (Fsp3) is 0.141. The molecule has 0 aliphatic carbocycles. The first-order chi connectivity index (χ1) is 36.1. The average Bonchev–Trinajstić information content (AvgIpc) is 3.45. The van der Waals surface area contributed by atoms with E-state index < -0.39 is 18.2 Å². The lowest BCUT2D eigenvalue weighted by Crippen LogP contribution is -2.34. The molecule has 1 aliphatic rings. The summed E-state index contributed by atoms with van der Waals surface area (Å²) < 4.78 is 53.2. The summed E-state index contributed by atoms with van der Waals surface area (Å²) in [6.45, 7) is 1.43. The summed E-state index contributed by atoms with van der Waals surface area (Å²) in [6.07, 6.45) is -1.28. The molecular formula is C64H54O9. The smallest absolute Gasteiger partial charge is 0.338 e. The topological polar surface area (TPSA) is 90.9 Å². The van der Waals surface area contributed by atoms with Crippen LogP contribution in [0.3, 0.4) is 0 Å². The van der Waals surface area contributed by atoms with Gasteiger partial charge >= 0.3 is 5.97 Å². The van der Waals surface area contributed by atoms with Crippen LogP contribution in [0, 0.1) is 0 Å². The normalized spacial score (nSPS) is 13.6. The van der Waals surface area contributed by atoms with Crippen LogP contribution >= 0.6 is 0 Å². The van der Waals surface area contributed by atoms with E-state index in [-0.39, 0.29) is 45.2 Å². The Morgan fingerprint density at radius 2 is 0.699 bits per heavy atom. The van der Waals surface area contributed by atoms with Gasteiger partial charge in [-0.1, -0.05) is 200 Å². The van der Waals surface area contributed by atoms with Crippen LogP contribution in [-0.4, -0.2) is 12.1 Å². The molecule has 0 saturated carbocycles. The predicted octanol–water partition coefficient (Wildman–Crippen LogP) is 14.1. The molecule has 0 bridgehead atoms. The molecule has 9 aromatic rings. The van der Waals surface area contributed by atoms with E-state index in [9.17, 15) is 4.79 Å². The number of para-hydroxylation sites is 1. The molecule has 0 aromatic heterocycles. The zero-order valence-corrected chi connectivity index (χ0v) is 40.2. The molecule has 1 aliphatic heterocycles. The van der Waals surface area contributed by atoms with Gasteiger partial charge in [-0.2, -0.15) is 0 Å². The van der Waals surface area contributed by atoms with Crippen LogP contribution in [0.4, 0.5) is 0 Å². The molecule has 0 spiro atoms. The van der Waals surface area contributed by atoms with Crippen LogP contribution in [0.2, 0.25) is 0 Å². The average molecular weight is 967 g/mol. The highest BCUT2D eigenvalue weighted by Crippen LogP contribution is 2.46. The number of esters is 1. The Labute approximate surface area is 426 Å². The van der Waals surface area contributed by atoms with Gasteiger partial charge in [-0.15, -0.1) is 0 Å². The minimum absolute atomic E-state index is 0.208. The second kappa shape index (κ2) is 23.8. The van der Waals surface area contributed by atoms with E-state index in [0.29, 0.717) is 52.2 Å². The maximum atomic E-state index is 15.0. The molecule has 1 heterocycles. The van der Waals surface area contributed by atoms with Gasteiger partial charge in [0.2, 0.25) is 11.5 Å². The highest BCUT2D eigenvalue weighted by Gasteiger charge is 2.37. The van der Waals surface area contributed by atoms with Gasteiger partial charge in [-0.05, 0) is 69.3 Å². The Balaban J connectivity index is 1.03. The van der Waals surface area contributed by atoms with Crippen molar-refractivity contribution in [3.05, 3.63) is 281 Å². The Morgan fingerprint density at radius 3 is 1.07 bits per heavy atom. The standard InChI is InChI=1S/C64H54O9/c65-64(54-38-58(68-42-48-25-11-3-12-26-48)63(71-45-51-31-17-6-18-32-51)59(39-54)69-43-49-27-13-4-14-28-49)73-60-35-52-33-19-20-34-55(52)72-61(60)53-36-56(66-40-46-21-7-1-8-22-46)62(70-44-50-29-15-5-16-30-50)57(37-53)67-41-47-23-9-2-10-24-47/h1-34,36-39,60-61H,35,40-45H2/t60-,61-/m1/s1. The van der Waals surface area contributed by atoms with E-state index in [2.05, 4.69) is 0 Å². The predicted molar refractivity (Wildman–Crippen MR) is 280 cm³/mol. The molecule has 2 atom stereocenters. The van der Waals surface area contributed by atoms with E-state index in [0.717, 1.165) is 38.9 Å². The zero-order chi connectivity index (χ0) is 49.4. The Kier molecular flexibility index (Phi) is 15.5. The molecule has 0 fully saturated rings. The zero-order valence-electron chi connectivity index (χ0n) is 40.2. The first-order valence-corrected chi connectivity index (χ1v) is 24.4. The van der Waals surface area contributed by atoms with Gasteiger partial charge in [0.1, 0.15) is 51.5 Å². The number of benzene rings is 9. The quantitative estimate of drug-likeness (QED) is 0.0653. The number of hydrogen-bond donors (Lipinski definition) is 0. The van der Waals surface area contributed by atoms with E-state index >= 15 is 0 Å². The van der Waals surface area contributed by atoms with Crippen molar-refractivity contribution in [3.8, 4) is 40.2 Å². The van der Waals surface area contributed by atoms with Crippen LogP contribution in [0.25, 0.3) is 0 Å². The Hall–Kier alpha value is -8.95. The van der Waals surface area contributed by atoms with Crippen molar-refractivity contribution in [1.29, 1.82) is 0 Å². The van der Waals surface area contributed by atoms with Gasteiger partial charge in [-0.25, -0.2) is 4.79 Å². The lowest BCUT2D eigenvalue weighted by molar-refractivity contribution is -0.0184. The highest BCUT2D eigenvalue weighted by atomic mass is 16.6. The van der Waals surface area contributed by atoms with Crippen LogP contribution in [0.1, 0.15) is 61.0 Å². The van der Waals surface area contributed by atoms with Crippen LogP contribution in [0.15, 0.2) is 231 Å². The molecule has 0 amide bonds. The highest BCUT2D eigenvalue weighted by molar-refractivity contribution is 5.91. The van der Waals surface area contributed by atoms with E-state index in [1.165, 1.54) is 0 Å². The molecule has 9 heteroatoms. The number of fused-ring (bicyclic) bond motifs is 1. The molecule has 73 heavy (non-hydrogen) atoms. The first kappa shape index (κ1) is 47.7. The molecule has 9 nitrogen and oxygen atoms in total. The summed E-state index contributed by atoms with van der Waals surface area (Å²) >= 11 is 0. The third kappa shape index (κ3) is 12.7. The monoisotopic (exact) mass is 966 g/mol. The minimum atomic E-state index is -0.821. The van der Waals surface area contributed by atoms with Crippen molar-refractivity contribution in [2.75, 3.05) is 0 Å². The van der Waals surface area contributed by atoms with Gasteiger partial charge < -0.3 is 37.9 Å². The van der Waals surface area contributed by atoms with Gasteiger partial charge in [0.05, 0.1) is 5.56 Å². The van der Waals surface area contributed by atoms with E-state index in [4.69, 9.17) is 37.9 Å². The summed E-state index contributed by atoms with van der Waals surface area (Å²) in [5.74, 6) is 2.40. The second-order valence-corrected chi connectivity index (χ2v) is 17.6. The molecule has 364 valence electrons. The van der Waals surface area contributed by atoms with Gasteiger partial charge in [-0.3, -0.25) is 0 Å². The second-order valence-electron chi connectivity index (χ2n) is 17.6. The summed E-state index contributed by atoms with van der Waals surface area (Å²) in [7, 11) is 0. The van der Waals surface area contributed by atoms with Gasteiger partial charge in [0.25, 0.3) is 0 Å². The maximum absolute atomic E-state index is 15.0. The Bertz CT molecular complexity index is 3040. The number of carbonyl (C=O) groups excluding carboxylic acids is 1. The van der Waals surface area contributed by atoms with Crippen molar-refractivity contribution in [2.45, 2.75) is 58.3 Å². The molecule has 0 radical (unpaired) electrons. The van der Waals surface area contributed by atoms with Crippen LogP contribution in [-0.2, 0) is 50.8 Å². The largest absolute Gasteiger partial charge is 0.485 e. The number of carbonyl (C=O) groups is 1. The summed E-state index contributed by atoms with van der Waals surface area (Å²) in [4.78, 5) is 15.0. The fourth-order valence-corrected chi connectivity index (χ4v) is 8.49. The molecule has 10 rings (SSSR count). The summed E-state index contributed by atoms with van der Waals surface area (Å²) in [5, 5.41) is 0. The first-order valence-electron chi connectivity index (χ1n) is 24.4. The van der Waals surface area contributed by atoms with Crippen molar-refractivity contribution in [2.24, 2.45) is 0 Å². The fourth-order valence-electron chi connectivity index (χ4n) is 8.49. The lowest BCUT2D eigenvalue weighted by atomic mass is 9.94. The minimum Gasteiger partial charge on any atom is -0.485 e. The molecule has 9 aromatic carbocycles. The number of hydrogen-bond acceptors (Lipinski definition) is 9. The van der Waals surface area contributed by atoms with Crippen molar-refractivity contribution >= 4 is 5.97 Å². The van der Waals surface area contributed by atoms with Crippen molar-refractivity contribution in [3.63, 3.8) is 0 Å². The van der Waals surface area contributed by atoms with Gasteiger partial charge in [0.15, 0.2) is 29.1 Å².